The van der Waals surface area contributed by atoms with E-state index in [0.717, 1.165) is 10.4 Å². The van der Waals surface area contributed by atoms with Crippen LogP contribution in [-0.4, -0.2) is 14.6 Å². The van der Waals surface area contributed by atoms with E-state index in [2.05, 4.69) is 43.0 Å². The van der Waals surface area contributed by atoms with E-state index in [0.29, 0.717) is 15.3 Å². The van der Waals surface area contributed by atoms with E-state index in [1.807, 2.05) is 35.7 Å². The molecule has 0 aliphatic heterocycles. The zero-order chi connectivity index (χ0) is 17.6. The molecule has 0 radical (unpaired) electrons. The summed E-state index contributed by atoms with van der Waals surface area (Å²) in [5, 5.41) is 6.33. The fourth-order valence-electron chi connectivity index (χ4n) is 2.57. The molecule has 0 saturated heterocycles. The minimum absolute atomic E-state index is 0.116. The predicted octanol–water partition coefficient (Wildman–Crippen LogP) is 3.72. The molecule has 0 fully saturated rings. The summed E-state index contributed by atoms with van der Waals surface area (Å²) in [6.45, 7) is 6.56. The maximum absolute atomic E-state index is 12.6. The highest BCUT2D eigenvalue weighted by atomic mass is 32.1. The maximum atomic E-state index is 12.6. The third-order valence-corrected chi connectivity index (χ3v) is 5.82. The Morgan fingerprint density at radius 2 is 1.88 bits per heavy atom. The number of fused-ring (bicyclic) bond motifs is 1. The van der Waals surface area contributed by atoms with Gasteiger partial charge in [-0.25, -0.2) is 0 Å². The van der Waals surface area contributed by atoms with Crippen LogP contribution in [0.3, 0.4) is 0 Å². The van der Waals surface area contributed by atoms with E-state index in [1.54, 1.807) is 11.3 Å². The molecule has 3 aromatic heterocycles. The van der Waals surface area contributed by atoms with Crippen LogP contribution in [0.1, 0.15) is 31.9 Å². The van der Waals surface area contributed by atoms with Crippen LogP contribution in [0.4, 0.5) is 0 Å². The van der Waals surface area contributed by atoms with Crippen LogP contribution in [-0.2, 0) is 5.41 Å². The lowest BCUT2D eigenvalue weighted by Gasteiger charge is -2.18. The molecule has 0 aliphatic rings. The van der Waals surface area contributed by atoms with Gasteiger partial charge in [0.25, 0.3) is 5.56 Å². The Morgan fingerprint density at radius 3 is 2.48 bits per heavy atom. The van der Waals surface area contributed by atoms with E-state index in [-0.39, 0.29) is 11.0 Å². The zero-order valence-electron chi connectivity index (χ0n) is 14.2. The first-order chi connectivity index (χ1) is 11.9. The highest BCUT2D eigenvalue weighted by molar-refractivity contribution is 7.15. The summed E-state index contributed by atoms with van der Waals surface area (Å²) in [6.07, 6.45) is 1.90. The Bertz CT molecular complexity index is 1130. The Balaban J connectivity index is 1.74. The topological polar surface area (TPSA) is 47.3 Å². The number of aromatic nitrogens is 3. The monoisotopic (exact) mass is 367 g/mol. The van der Waals surface area contributed by atoms with Gasteiger partial charge < -0.3 is 0 Å². The largest absolute Gasteiger partial charge is 0.291 e. The van der Waals surface area contributed by atoms with Crippen molar-refractivity contribution < 1.29 is 0 Å². The predicted molar refractivity (Wildman–Crippen MR) is 104 cm³/mol. The van der Waals surface area contributed by atoms with E-state index in [9.17, 15) is 4.79 Å². The fraction of sp³-hybridized carbons (Fsp3) is 0.211. The lowest BCUT2D eigenvalue weighted by atomic mass is 9.87. The van der Waals surface area contributed by atoms with Gasteiger partial charge in [0.2, 0.25) is 4.96 Å². The number of hydrogen-bond donors (Lipinski definition) is 0. The van der Waals surface area contributed by atoms with Gasteiger partial charge in [0.15, 0.2) is 5.82 Å². The van der Waals surface area contributed by atoms with Gasteiger partial charge in [-0.2, -0.15) is 9.50 Å². The molecule has 0 amide bonds. The molecule has 0 spiro atoms. The molecule has 4 nitrogen and oxygen atoms in total. The van der Waals surface area contributed by atoms with Gasteiger partial charge in [-0.3, -0.25) is 4.79 Å². The molecular formula is C19H17N3OS2. The molecule has 0 atom stereocenters. The quantitative estimate of drug-likeness (QED) is 0.542. The summed E-state index contributed by atoms with van der Waals surface area (Å²) in [5.41, 5.74) is 2.28. The van der Waals surface area contributed by atoms with Crippen molar-refractivity contribution in [2.45, 2.75) is 26.2 Å². The number of thiophene rings is 1. The van der Waals surface area contributed by atoms with Crippen molar-refractivity contribution in [3.8, 4) is 10.7 Å². The average Bonchev–Trinajstić information content (AvgIpc) is 3.26. The smallest absolute Gasteiger partial charge is 0.266 e. The summed E-state index contributed by atoms with van der Waals surface area (Å²) >= 11 is 2.94. The molecule has 0 saturated carbocycles. The van der Waals surface area contributed by atoms with Crippen molar-refractivity contribution in [1.82, 2.24) is 14.6 Å². The van der Waals surface area contributed by atoms with Gasteiger partial charge in [-0.15, -0.1) is 16.4 Å². The normalized spacial score (nSPS) is 13.0. The molecule has 3 heterocycles. The van der Waals surface area contributed by atoms with Crippen LogP contribution in [0.2, 0.25) is 0 Å². The van der Waals surface area contributed by atoms with E-state index in [1.165, 1.54) is 21.4 Å². The molecule has 126 valence electrons. The van der Waals surface area contributed by atoms with Crippen LogP contribution in [0.25, 0.3) is 21.7 Å². The fourth-order valence-corrected chi connectivity index (χ4v) is 4.14. The highest BCUT2D eigenvalue weighted by Crippen LogP contribution is 2.23. The molecule has 0 aliphatic carbocycles. The SMILES string of the molecule is CC(C)(C)c1ccc(/C=c2\sc3nc(-c4cccs4)nn3c2=O)cc1. The van der Waals surface area contributed by atoms with Crippen LogP contribution in [0.15, 0.2) is 46.6 Å². The van der Waals surface area contributed by atoms with Crippen molar-refractivity contribution >= 4 is 33.7 Å². The average molecular weight is 367 g/mol. The second-order valence-electron chi connectivity index (χ2n) is 6.89. The zero-order valence-corrected chi connectivity index (χ0v) is 15.8. The number of nitrogens with zero attached hydrogens (tertiary/aromatic N) is 3. The number of hydrogen-bond acceptors (Lipinski definition) is 5. The second kappa shape index (κ2) is 5.89. The molecular weight excluding hydrogens is 350 g/mol. The number of benzene rings is 1. The molecule has 1 aromatic carbocycles. The first-order valence-corrected chi connectivity index (χ1v) is 9.67. The Morgan fingerprint density at radius 1 is 1.12 bits per heavy atom. The standard InChI is InChI=1S/C19H17N3OS2/c1-19(2,3)13-8-6-12(7-9-13)11-15-17(23)22-18(25-15)20-16(21-22)14-5-4-10-24-14/h4-11H,1-3H3/b15-11-. The van der Waals surface area contributed by atoms with Crippen LogP contribution < -0.4 is 10.1 Å². The van der Waals surface area contributed by atoms with Crippen molar-refractivity contribution in [3.63, 3.8) is 0 Å². The van der Waals surface area contributed by atoms with E-state index >= 15 is 0 Å². The summed E-state index contributed by atoms with van der Waals surface area (Å²) < 4.78 is 2.05. The maximum Gasteiger partial charge on any atom is 0.291 e. The lowest BCUT2D eigenvalue weighted by Crippen LogP contribution is -2.23. The number of thiazole rings is 1. The molecule has 0 bridgehead atoms. The summed E-state index contributed by atoms with van der Waals surface area (Å²) in [4.78, 5) is 18.7. The second-order valence-corrected chi connectivity index (χ2v) is 8.85. The third-order valence-electron chi connectivity index (χ3n) is 4.00. The van der Waals surface area contributed by atoms with Crippen molar-refractivity contribution in [3.05, 3.63) is 67.8 Å². The molecule has 25 heavy (non-hydrogen) atoms. The molecule has 4 rings (SSSR count). The van der Waals surface area contributed by atoms with E-state index in [4.69, 9.17) is 0 Å². The van der Waals surface area contributed by atoms with Crippen molar-refractivity contribution in [2.24, 2.45) is 0 Å². The van der Waals surface area contributed by atoms with Crippen molar-refractivity contribution in [2.75, 3.05) is 0 Å². The third kappa shape index (κ3) is 3.03. The molecule has 0 N–H and O–H groups in total. The van der Waals surface area contributed by atoms with Crippen LogP contribution in [0.5, 0.6) is 0 Å². The molecule has 6 heteroatoms. The van der Waals surface area contributed by atoms with Gasteiger partial charge in [0.05, 0.1) is 9.41 Å². The highest BCUT2D eigenvalue weighted by Gasteiger charge is 2.14. The minimum atomic E-state index is -0.116. The van der Waals surface area contributed by atoms with Gasteiger partial charge in [0.1, 0.15) is 0 Å². The van der Waals surface area contributed by atoms with Crippen molar-refractivity contribution in [1.29, 1.82) is 0 Å². The van der Waals surface area contributed by atoms with E-state index < -0.39 is 0 Å². The number of rotatable bonds is 2. The first-order valence-electron chi connectivity index (χ1n) is 7.97. The van der Waals surface area contributed by atoms with Gasteiger partial charge in [0, 0.05) is 0 Å². The lowest BCUT2D eigenvalue weighted by molar-refractivity contribution is 0.590. The summed E-state index contributed by atoms with van der Waals surface area (Å²) in [6, 6.07) is 12.2. The molecule has 0 unspecified atom stereocenters. The van der Waals surface area contributed by atoms with Gasteiger partial charge >= 0.3 is 0 Å². The Hall–Kier alpha value is -2.31. The Kier molecular flexibility index (Phi) is 3.81. The van der Waals surface area contributed by atoms with Gasteiger partial charge in [-0.1, -0.05) is 62.4 Å². The summed E-state index contributed by atoms with van der Waals surface area (Å²) in [5.74, 6) is 0.611. The van der Waals surface area contributed by atoms with Crippen LogP contribution in [0, 0.1) is 0 Å². The van der Waals surface area contributed by atoms with Gasteiger partial charge in [-0.05, 0) is 34.1 Å². The minimum Gasteiger partial charge on any atom is -0.266 e. The summed E-state index contributed by atoms with van der Waals surface area (Å²) in [7, 11) is 0. The molecule has 4 aromatic rings. The van der Waals surface area contributed by atoms with Crippen LogP contribution >= 0.6 is 22.7 Å². The Labute approximate surface area is 153 Å². The first kappa shape index (κ1) is 16.2.